The van der Waals surface area contributed by atoms with Gasteiger partial charge in [0.2, 0.25) is 0 Å². The first kappa shape index (κ1) is 13.4. The van der Waals surface area contributed by atoms with Gasteiger partial charge in [-0.3, -0.25) is 4.98 Å². The second-order valence-corrected chi connectivity index (χ2v) is 6.07. The largest absolute Gasteiger partial charge is 0.381 e. The molecule has 1 aromatic carbocycles. The topological polar surface area (TPSA) is 34.1 Å². The van der Waals surface area contributed by atoms with Crippen molar-refractivity contribution in [2.24, 2.45) is 5.41 Å². The van der Waals surface area contributed by atoms with Crippen molar-refractivity contribution in [2.45, 2.75) is 39.3 Å². The van der Waals surface area contributed by atoms with E-state index in [-0.39, 0.29) is 5.41 Å². The second-order valence-electron chi connectivity index (χ2n) is 6.07. The summed E-state index contributed by atoms with van der Waals surface area (Å²) in [6, 6.07) is 10.8. The maximum Gasteiger partial charge on any atom is 0.0722 e. The van der Waals surface area contributed by atoms with Gasteiger partial charge in [0.25, 0.3) is 0 Å². The van der Waals surface area contributed by atoms with E-state index in [1.54, 1.807) is 0 Å². The van der Waals surface area contributed by atoms with Gasteiger partial charge >= 0.3 is 0 Å². The van der Waals surface area contributed by atoms with E-state index in [9.17, 15) is 0 Å². The maximum atomic E-state index is 5.80. The summed E-state index contributed by atoms with van der Waals surface area (Å²) in [5.41, 5.74) is 2.38. The molecule has 0 bridgehead atoms. The third-order valence-electron chi connectivity index (χ3n) is 4.52. The second kappa shape index (κ2) is 5.06. The monoisotopic (exact) mass is 270 g/mol. The summed E-state index contributed by atoms with van der Waals surface area (Å²) in [5.74, 6) is 0. The number of nitrogens with zero attached hydrogens (tertiary/aromatic N) is 1. The molecule has 2 atom stereocenters. The number of benzene rings is 1. The molecular weight excluding hydrogens is 248 g/mol. The molecule has 1 N–H and O–H groups in total. The molecule has 106 valence electrons. The summed E-state index contributed by atoms with van der Waals surface area (Å²) in [6.07, 6.45) is 3.26. The first-order valence-corrected chi connectivity index (χ1v) is 7.35. The molecule has 0 saturated heterocycles. The van der Waals surface area contributed by atoms with Crippen LogP contribution >= 0.6 is 0 Å². The van der Waals surface area contributed by atoms with Crippen molar-refractivity contribution in [1.82, 2.24) is 4.98 Å². The molecule has 1 saturated carbocycles. The van der Waals surface area contributed by atoms with Crippen molar-refractivity contribution in [3.63, 3.8) is 0 Å². The van der Waals surface area contributed by atoms with E-state index in [2.05, 4.69) is 55.3 Å². The molecule has 0 spiro atoms. The van der Waals surface area contributed by atoms with Crippen LogP contribution in [0.15, 0.2) is 36.5 Å². The standard InChI is InChI=1S/C17H22N2O/c1-4-20-16-11-15(17(16,2)3)19-14-9-5-8-13-12(14)7-6-10-18-13/h5-10,15-16,19H,4,11H2,1-3H3. The average molecular weight is 270 g/mol. The van der Waals surface area contributed by atoms with Crippen LogP contribution in [0.5, 0.6) is 0 Å². The van der Waals surface area contributed by atoms with Crippen LogP contribution in [0.1, 0.15) is 27.2 Å². The van der Waals surface area contributed by atoms with Crippen molar-refractivity contribution in [1.29, 1.82) is 0 Å². The van der Waals surface area contributed by atoms with Crippen molar-refractivity contribution < 1.29 is 4.74 Å². The van der Waals surface area contributed by atoms with Gasteiger partial charge in [0.1, 0.15) is 0 Å². The Labute approximate surface area is 120 Å². The van der Waals surface area contributed by atoms with Gasteiger partial charge in [-0.15, -0.1) is 0 Å². The third kappa shape index (κ3) is 2.16. The molecule has 1 aromatic heterocycles. The molecule has 2 aromatic rings. The van der Waals surface area contributed by atoms with Gasteiger partial charge in [0.15, 0.2) is 0 Å². The molecular formula is C17H22N2O. The fourth-order valence-electron chi connectivity index (χ4n) is 3.03. The smallest absolute Gasteiger partial charge is 0.0722 e. The van der Waals surface area contributed by atoms with E-state index in [0.29, 0.717) is 12.1 Å². The fraction of sp³-hybridized carbons (Fsp3) is 0.471. The molecule has 1 aliphatic carbocycles. The number of aromatic nitrogens is 1. The summed E-state index contributed by atoms with van der Waals surface area (Å²) < 4.78 is 5.80. The summed E-state index contributed by atoms with van der Waals surface area (Å²) in [5, 5.41) is 4.87. The quantitative estimate of drug-likeness (QED) is 0.916. The molecule has 3 rings (SSSR count). The number of nitrogens with one attached hydrogen (secondary N) is 1. The number of ether oxygens (including phenoxy) is 1. The lowest BCUT2D eigenvalue weighted by atomic mass is 9.64. The highest BCUT2D eigenvalue weighted by Gasteiger charge is 2.48. The highest BCUT2D eigenvalue weighted by Crippen LogP contribution is 2.44. The lowest BCUT2D eigenvalue weighted by Gasteiger charge is -2.52. The Morgan fingerprint density at radius 1 is 1.30 bits per heavy atom. The zero-order valence-electron chi connectivity index (χ0n) is 12.4. The van der Waals surface area contributed by atoms with Crippen LogP contribution in [0.3, 0.4) is 0 Å². The van der Waals surface area contributed by atoms with Crippen molar-refractivity contribution in [3.8, 4) is 0 Å². The number of hydrogen-bond acceptors (Lipinski definition) is 3. The van der Waals surface area contributed by atoms with Gasteiger partial charge in [-0.25, -0.2) is 0 Å². The highest BCUT2D eigenvalue weighted by atomic mass is 16.5. The number of fused-ring (bicyclic) bond motifs is 1. The van der Waals surface area contributed by atoms with Gasteiger partial charge in [0.05, 0.1) is 11.6 Å². The van der Waals surface area contributed by atoms with E-state index in [0.717, 1.165) is 18.5 Å². The molecule has 3 heteroatoms. The fourth-order valence-corrected chi connectivity index (χ4v) is 3.03. The van der Waals surface area contributed by atoms with E-state index < -0.39 is 0 Å². The highest BCUT2D eigenvalue weighted by molar-refractivity contribution is 5.91. The Morgan fingerprint density at radius 3 is 2.90 bits per heavy atom. The van der Waals surface area contributed by atoms with Crippen molar-refractivity contribution in [2.75, 3.05) is 11.9 Å². The van der Waals surface area contributed by atoms with Crippen LogP contribution in [0, 0.1) is 5.41 Å². The molecule has 1 aliphatic rings. The molecule has 2 unspecified atom stereocenters. The summed E-state index contributed by atoms with van der Waals surface area (Å²) in [6.45, 7) is 7.40. The minimum atomic E-state index is 0.167. The van der Waals surface area contributed by atoms with Crippen molar-refractivity contribution in [3.05, 3.63) is 36.5 Å². The molecule has 1 heterocycles. The molecule has 20 heavy (non-hydrogen) atoms. The van der Waals surface area contributed by atoms with Crippen LogP contribution in [-0.4, -0.2) is 23.7 Å². The first-order valence-electron chi connectivity index (χ1n) is 7.35. The molecule has 0 amide bonds. The Hall–Kier alpha value is -1.61. The predicted octanol–water partition coefficient (Wildman–Crippen LogP) is 3.85. The van der Waals surface area contributed by atoms with Gasteiger partial charge in [-0.2, -0.15) is 0 Å². The zero-order chi connectivity index (χ0) is 14.2. The minimum Gasteiger partial charge on any atom is -0.381 e. The van der Waals surface area contributed by atoms with Crippen LogP contribution in [0.25, 0.3) is 10.9 Å². The molecule has 1 fully saturated rings. The van der Waals surface area contributed by atoms with Gasteiger partial charge in [-0.1, -0.05) is 19.9 Å². The van der Waals surface area contributed by atoms with Crippen LogP contribution < -0.4 is 5.32 Å². The average Bonchev–Trinajstić information content (AvgIpc) is 2.46. The van der Waals surface area contributed by atoms with Crippen LogP contribution in [0.2, 0.25) is 0 Å². The Balaban J connectivity index is 1.81. The van der Waals surface area contributed by atoms with E-state index in [4.69, 9.17) is 4.74 Å². The van der Waals surface area contributed by atoms with E-state index in [1.165, 1.54) is 11.1 Å². The Kier molecular flexibility index (Phi) is 3.38. The molecule has 0 radical (unpaired) electrons. The number of anilines is 1. The third-order valence-corrected chi connectivity index (χ3v) is 4.52. The lowest BCUT2D eigenvalue weighted by Crippen LogP contribution is -2.58. The SMILES string of the molecule is CCOC1CC(Nc2cccc3ncccc23)C1(C)C. The van der Waals surface area contributed by atoms with Gasteiger partial charge in [0, 0.05) is 35.3 Å². The summed E-state index contributed by atoms with van der Waals surface area (Å²) >= 11 is 0. The molecule has 0 aliphatic heterocycles. The number of rotatable bonds is 4. The Morgan fingerprint density at radius 2 is 2.15 bits per heavy atom. The maximum absolute atomic E-state index is 5.80. The van der Waals surface area contributed by atoms with Crippen LogP contribution in [-0.2, 0) is 4.74 Å². The predicted molar refractivity (Wildman–Crippen MR) is 83.0 cm³/mol. The lowest BCUT2D eigenvalue weighted by molar-refractivity contribution is -0.0975. The number of hydrogen-bond donors (Lipinski definition) is 1. The van der Waals surface area contributed by atoms with Gasteiger partial charge < -0.3 is 10.1 Å². The van der Waals surface area contributed by atoms with Crippen molar-refractivity contribution >= 4 is 16.6 Å². The number of pyridine rings is 1. The first-order chi connectivity index (χ1) is 9.63. The Bertz CT molecular complexity index is 603. The minimum absolute atomic E-state index is 0.167. The molecule has 3 nitrogen and oxygen atoms in total. The summed E-state index contributed by atoms with van der Waals surface area (Å²) in [7, 11) is 0. The van der Waals surface area contributed by atoms with Gasteiger partial charge in [-0.05, 0) is 37.6 Å². The normalized spacial score (nSPS) is 24.4. The van der Waals surface area contributed by atoms with E-state index in [1.807, 2.05) is 12.3 Å². The van der Waals surface area contributed by atoms with E-state index >= 15 is 0 Å². The zero-order valence-corrected chi connectivity index (χ0v) is 12.4. The van der Waals surface area contributed by atoms with Crippen LogP contribution in [0.4, 0.5) is 5.69 Å². The summed E-state index contributed by atoms with van der Waals surface area (Å²) in [4.78, 5) is 4.41.